The van der Waals surface area contributed by atoms with Crippen LogP contribution in [-0.2, 0) is 11.3 Å². The number of benzene rings is 1. The second-order valence-corrected chi connectivity index (χ2v) is 6.55. The zero-order chi connectivity index (χ0) is 19.6. The van der Waals surface area contributed by atoms with Gasteiger partial charge in [0.1, 0.15) is 23.2 Å². The van der Waals surface area contributed by atoms with E-state index in [0.29, 0.717) is 25.1 Å². The molecule has 0 bridgehead atoms. The number of nitrogens with zero attached hydrogens (tertiary/aromatic N) is 1. The predicted octanol–water partition coefficient (Wildman–Crippen LogP) is 1.88. The van der Waals surface area contributed by atoms with Gasteiger partial charge in [-0.15, -0.1) is 0 Å². The lowest BCUT2D eigenvalue weighted by Crippen LogP contribution is -2.52. The van der Waals surface area contributed by atoms with Crippen LogP contribution in [0.15, 0.2) is 35.1 Å². The van der Waals surface area contributed by atoms with Gasteiger partial charge >= 0.3 is 0 Å². The van der Waals surface area contributed by atoms with E-state index in [0.717, 1.165) is 12.1 Å². The molecule has 0 saturated carbocycles. The van der Waals surface area contributed by atoms with Crippen molar-refractivity contribution in [3.8, 4) is 0 Å². The van der Waals surface area contributed by atoms with E-state index in [1.54, 1.807) is 13.0 Å². The zero-order valence-corrected chi connectivity index (χ0v) is 14.7. The van der Waals surface area contributed by atoms with Gasteiger partial charge in [0.25, 0.3) is 11.5 Å². The third-order valence-electron chi connectivity index (χ3n) is 4.51. The summed E-state index contributed by atoms with van der Waals surface area (Å²) >= 11 is 0. The fourth-order valence-electron chi connectivity index (χ4n) is 3.07. The first-order chi connectivity index (χ1) is 12.8. The molecule has 1 aliphatic heterocycles. The molecule has 2 heterocycles. The molecule has 6 nitrogen and oxygen atoms in total. The summed E-state index contributed by atoms with van der Waals surface area (Å²) < 4.78 is 26.9. The minimum absolute atomic E-state index is 0.0115. The van der Waals surface area contributed by atoms with Crippen molar-refractivity contribution >= 4 is 11.8 Å². The Morgan fingerprint density at radius 3 is 2.74 bits per heavy atom. The van der Waals surface area contributed by atoms with Gasteiger partial charge in [0.05, 0.1) is 0 Å². The van der Waals surface area contributed by atoms with Crippen LogP contribution in [0, 0.1) is 18.6 Å². The van der Waals surface area contributed by atoms with Crippen LogP contribution < -0.4 is 10.9 Å². The standard InChI is InChI=1S/C19H19F2N3O3/c1-11-4-7-14(17(25)22-11)18(26)23-16-3-2-8-24(19(16)27)10-12-5-6-13(20)9-15(12)21/h4-7,9,16H,2-3,8,10H2,1H3,(H,22,25)(H,23,26). The Morgan fingerprint density at radius 2 is 2.04 bits per heavy atom. The Kier molecular flexibility index (Phi) is 5.34. The molecule has 3 rings (SSSR count). The second-order valence-electron chi connectivity index (χ2n) is 6.55. The van der Waals surface area contributed by atoms with Crippen LogP contribution in [0.2, 0.25) is 0 Å². The van der Waals surface area contributed by atoms with Crippen LogP contribution in [0.3, 0.4) is 0 Å². The number of nitrogens with one attached hydrogen (secondary N) is 2. The van der Waals surface area contributed by atoms with Gasteiger partial charge in [-0.2, -0.15) is 0 Å². The van der Waals surface area contributed by atoms with Gasteiger partial charge < -0.3 is 15.2 Å². The smallest absolute Gasteiger partial charge is 0.260 e. The molecule has 1 aliphatic rings. The molecule has 1 aromatic carbocycles. The minimum atomic E-state index is -0.796. The Balaban J connectivity index is 1.71. The average molecular weight is 375 g/mol. The van der Waals surface area contributed by atoms with Crippen LogP contribution in [0.4, 0.5) is 8.78 Å². The van der Waals surface area contributed by atoms with E-state index >= 15 is 0 Å². The minimum Gasteiger partial charge on any atom is -0.340 e. The molecular formula is C19H19F2N3O3. The van der Waals surface area contributed by atoms with E-state index < -0.39 is 29.1 Å². The highest BCUT2D eigenvalue weighted by Gasteiger charge is 2.31. The Labute approximate surface area is 154 Å². The van der Waals surface area contributed by atoms with Crippen molar-refractivity contribution in [1.82, 2.24) is 15.2 Å². The lowest BCUT2D eigenvalue weighted by atomic mass is 10.0. The third-order valence-corrected chi connectivity index (χ3v) is 4.51. The lowest BCUT2D eigenvalue weighted by molar-refractivity contribution is -0.136. The molecule has 0 spiro atoms. The normalized spacial score (nSPS) is 17.1. The van der Waals surface area contributed by atoms with Gasteiger partial charge in [0, 0.05) is 30.4 Å². The first-order valence-electron chi connectivity index (χ1n) is 8.58. The first kappa shape index (κ1) is 18.8. The fraction of sp³-hybridized carbons (Fsp3) is 0.316. The van der Waals surface area contributed by atoms with Crippen molar-refractivity contribution in [2.75, 3.05) is 6.54 Å². The van der Waals surface area contributed by atoms with E-state index in [4.69, 9.17) is 0 Å². The summed E-state index contributed by atoms with van der Waals surface area (Å²) in [6.07, 6.45) is 1.04. The summed E-state index contributed by atoms with van der Waals surface area (Å²) in [5.41, 5.74) is 0.223. The summed E-state index contributed by atoms with van der Waals surface area (Å²) in [6.45, 7) is 2.09. The maximum Gasteiger partial charge on any atom is 0.260 e. The van der Waals surface area contributed by atoms with Gasteiger partial charge in [-0.05, 0) is 38.0 Å². The van der Waals surface area contributed by atoms with Crippen molar-refractivity contribution < 1.29 is 18.4 Å². The maximum atomic E-state index is 13.9. The highest BCUT2D eigenvalue weighted by atomic mass is 19.1. The number of aromatic amines is 1. The summed E-state index contributed by atoms with van der Waals surface area (Å²) in [4.78, 5) is 40.8. The molecule has 1 unspecified atom stereocenters. The summed E-state index contributed by atoms with van der Waals surface area (Å²) in [5, 5.41) is 2.58. The van der Waals surface area contributed by atoms with Crippen LogP contribution in [0.5, 0.6) is 0 Å². The number of H-pyrrole nitrogens is 1. The number of pyridine rings is 1. The van der Waals surface area contributed by atoms with E-state index in [-0.39, 0.29) is 23.6 Å². The molecule has 0 radical (unpaired) electrons. The molecule has 0 aliphatic carbocycles. The average Bonchev–Trinajstić information content (AvgIpc) is 2.60. The molecule has 2 N–H and O–H groups in total. The van der Waals surface area contributed by atoms with Gasteiger partial charge in [0.2, 0.25) is 5.91 Å². The largest absolute Gasteiger partial charge is 0.340 e. The maximum absolute atomic E-state index is 13.9. The topological polar surface area (TPSA) is 82.3 Å². The summed E-state index contributed by atoms with van der Waals surface area (Å²) in [6, 6.07) is 5.41. The predicted molar refractivity (Wildman–Crippen MR) is 94.1 cm³/mol. The van der Waals surface area contributed by atoms with Crippen molar-refractivity contribution in [1.29, 1.82) is 0 Å². The van der Waals surface area contributed by atoms with Crippen molar-refractivity contribution in [2.45, 2.75) is 32.4 Å². The van der Waals surface area contributed by atoms with Crippen LogP contribution in [0.25, 0.3) is 0 Å². The third kappa shape index (κ3) is 4.21. The van der Waals surface area contributed by atoms with Crippen LogP contribution in [0.1, 0.15) is 34.5 Å². The van der Waals surface area contributed by atoms with Gasteiger partial charge in [0.15, 0.2) is 0 Å². The van der Waals surface area contributed by atoms with E-state index in [1.807, 2.05) is 0 Å². The number of aromatic nitrogens is 1. The number of carbonyl (C=O) groups excluding carboxylic acids is 2. The van der Waals surface area contributed by atoms with Crippen molar-refractivity contribution in [3.05, 3.63) is 69.1 Å². The molecule has 8 heteroatoms. The number of piperidine rings is 1. The quantitative estimate of drug-likeness (QED) is 0.856. The second kappa shape index (κ2) is 7.69. The molecule has 1 saturated heterocycles. The molecule has 1 fully saturated rings. The Bertz CT molecular complexity index is 942. The number of hydrogen-bond donors (Lipinski definition) is 2. The molecular weight excluding hydrogens is 356 g/mol. The number of aryl methyl sites for hydroxylation is 1. The van der Waals surface area contributed by atoms with Gasteiger partial charge in [-0.3, -0.25) is 14.4 Å². The number of halogens is 2. The molecule has 27 heavy (non-hydrogen) atoms. The number of likely N-dealkylation sites (tertiary alicyclic amines) is 1. The molecule has 1 atom stereocenters. The number of rotatable bonds is 4. The van der Waals surface area contributed by atoms with Crippen molar-refractivity contribution in [3.63, 3.8) is 0 Å². The highest BCUT2D eigenvalue weighted by molar-refractivity contribution is 5.97. The van der Waals surface area contributed by atoms with E-state index in [2.05, 4.69) is 10.3 Å². The monoisotopic (exact) mass is 375 g/mol. The van der Waals surface area contributed by atoms with E-state index in [1.165, 1.54) is 17.0 Å². The van der Waals surface area contributed by atoms with Gasteiger partial charge in [-0.1, -0.05) is 6.07 Å². The van der Waals surface area contributed by atoms with Crippen LogP contribution in [-0.4, -0.2) is 34.3 Å². The molecule has 2 amide bonds. The van der Waals surface area contributed by atoms with Crippen LogP contribution >= 0.6 is 0 Å². The SMILES string of the molecule is Cc1ccc(C(=O)NC2CCCN(Cc3ccc(F)cc3F)C2=O)c(=O)[nH]1. The summed E-state index contributed by atoms with van der Waals surface area (Å²) in [5.74, 6) is -2.40. The number of hydrogen-bond acceptors (Lipinski definition) is 3. The zero-order valence-electron chi connectivity index (χ0n) is 14.7. The van der Waals surface area contributed by atoms with Gasteiger partial charge in [-0.25, -0.2) is 8.78 Å². The van der Waals surface area contributed by atoms with E-state index in [9.17, 15) is 23.2 Å². The number of amides is 2. The molecule has 2 aromatic rings. The first-order valence-corrected chi connectivity index (χ1v) is 8.58. The lowest BCUT2D eigenvalue weighted by Gasteiger charge is -2.32. The van der Waals surface area contributed by atoms with Crippen molar-refractivity contribution in [2.24, 2.45) is 0 Å². The Hall–Kier alpha value is -3.03. The number of carbonyl (C=O) groups is 2. The Morgan fingerprint density at radius 1 is 1.26 bits per heavy atom. The fourth-order valence-corrected chi connectivity index (χ4v) is 3.07. The molecule has 1 aromatic heterocycles. The molecule has 142 valence electrons. The highest BCUT2D eigenvalue weighted by Crippen LogP contribution is 2.18. The summed E-state index contributed by atoms with van der Waals surface area (Å²) in [7, 11) is 0.